The molecule has 172 valence electrons. The number of methoxy groups -OCH3 is 1. The maximum absolute atomic E-state index is 5.33. The molecule has 0 saturated heterocycles. The second-order valence-electron chi connectivity index (χ2n) is 9.27. The molecule has 1 atom stereocenters. The second kappa shape index (κ2) is 11.3. The Labute approximate surface area is 193 Å². The smallest absolute Gasteiger partial charge is 0.118 e. The van der Waals surface area contributed by atoms with Crippen molar-refractivity contribution in [1.82, 2.24) is 20.4 Å². The van der Waals surface area contributed by atoms with Crippen LogP contribution in [0.4, 0.5) is 0 Å². The van der Waals surface area contributed by atoms with Crippen LogP contribution in [0, 0.1) is 0 Å². The molecule has 0 amide bonds. The molecule has 1 heterocycles. The fourth-order valence-electron chi connectivity index (χ4n) is 3.81. The van der Waals surface area contributed by atoms with Gasteiger partial charge >= 0.3 is 0 Å². The highest BCUT2D eigenvalue weighted by Crippen LogP contribution is 2.33. The van der Waals surface area contributed by atoms with Crippen LogP contribution >= 0.6 is 0 Å². The van der Waals surface area contributed by atoms with Crippen LogP contribution in [0.15, 0.2) is 60.8 Å². The Morgan fingerprint density at radius 2 is 1.69 bits per heavy atom. The predicted molar refractivity (Wildman–Crippen MR) is 134 cm³/mol. The molecule has 1 unspecified atom stereocenters. The van der Waals surface area contributed by atoms with Crippen molar-refractivity contribution in [3.8, 4) is 28.1 Å². The molecule has 2 N–H and O–H groups in total. The van der Waals surface area contributed by atoms with E-state index in [1.54, 1.807) is 7.11 Å². The third-order valence-corrected chi connectivity index (χ3v) is 5.62. The molecule has 5 nitrogen and oxygen atoms in total. The molecule has 0 saturated carbocycles. The molecule has 3 rings (SSSR count). The van der Waals surface area contributed by atoms with Crippen LogP contribution in [0.25, 0.3) is 22.4 Å². The van der Waals surface area contributed by atoms with Crippen molar-refractivity contribution in [1.29, 1.82) is 0 Å². The highest BCUT2D eigenvalue weighted by Gasteiger charge is 2.17. The van der Waals surface area contributed by atoms with Crippen LogP contribution in [-0.4, -0.2) is 41.6 Å². The first-order valence-corrected chi connectivity index (χ1v) is 11.7. The quantitative estimate of drug-likeness (QED) is 0.398. The minimum absolute atomic E-state index is 0.168. The molecule has 32 heavy (non-hydrogen) atoms. The molecule has 0 bridgehead atoms. The lowest BCUT2D eigenvalue weighted by molar-refractivity contribution is 0.391. The zero-order valence-electron chi connectivity index (χ0n) is 20.2. The first-order valence-electron chi connectivity index (χ1n) is 11.7. The molecule has 1 aromatic heterocycles. The summed E-state index contributed by atoms with van der Waals surface area (Å²) >= 11 is 0. The van der Waals surface area contributed by atoms with E-state index in [9.17, 15) is 0 Å². The van der Waals surface area contributed by atoms with E-state index >= 15 is 0 Å². The average molecular weight is 435 g/mol. The Kier molecular flexibility index (Phi) is 8.48. The zero-order chi connectivity index (χ0) is 23.0. The van der Waals surface area contributed by atoms with Crippen molar-refractivity contribution in [2.24, 2.45) is 0 Å². The van der Waals surface area contributed by atoms with Crippen molar-refractivity contribution in [3.63, 3.8) is 0 Å². The SMILES string of the molecule is CCC(Cn1ncc(-c2ccc(OC)cc2)c1-c1ccccc1)NCCCNC(C)(C)C. The molecule has 0 aliphatic heterocycles. The summed E-state index contributed by atoms with van der Waals surface area (Å²) in [6.07, 6.45) is 4.15. The number of ether oxygens (including phenoxy) is 1. The van der Waals surface area contributed by atoms with Gasteiger partial charge in [-0.15, -0.1) is 0 Å². The van der Waals surface area contributed by atoms with Crippen molar-refractivity contribution in [2.75, 3.05) is 20.2 Å². The first-order chi connectivity index (χ1) is 15.4. The summed E-state index contributed by atoms with van der Waals surface area (Å²) in [5.74, 6) is 0.860. The molecule has 0 radical (unpaired) electrons. The lowest BCUT2D eigenvalue weighted by atomic mass is 10.0. The van der Waals surface area contributed by atoms with Crippen LogP contribution in [0.5, 0.6) is 5.75 Å². The van der Waals surface area contributed by atoms with Gasteiger partial charge in [-0.3, -0.25) is 4.68 Å². The van der Waals surface area contributed by atoms with Crippen LogP contribution in [-0.2, 0) is 6.54 Å². The monoisotopic (exact) mass is 434 g/mol. The van der Waals surface area contributed by atoms with Crippen molar-refractivity contribution in [2.45, 2.75) is 58.7 Å². The largest absolute Gasteiger partial charge is 0.497 e. The molecular formula is C27H38N4O. The van der Waals surface area contributed by atoms with Crippen LogP contribution in [0.1, 0.15) is 40.5 Å². The van der Waals surface area contributed by atoms with E-state index in [0.717, 1.165) is 55.0 Å². The van der Waals surface area contributed by atoms with Gasteiger partial charge in [0, 0.05) is 22.7 Å². The van der Waals surface area contributed by atoms with Gasteiger partial charge in [-0.05, 0) is 64.4 Å². The summed E-state index contributed by atoms with van der Waals surface area (Å²) in [6, 6.07) is 19.1. The maximum atomic E-state index is 5.33. The van der Waals surface area contributed by atoms with Gasteiger partial charge in [0.15, 0.2) is 0 Å². The Morgan fingerprint density at radius 1 is 0.969 bits per heavy atom. The van der Waals surface area contributed by atoms with Crippen molar-refractivity contribution < 1.29 is 4.74 Å². The summed E-state index contributed by atoms with van der Waals surface area (Å²) in [5.41, 5.74) is 4.79. The van der Waals surface area contributed by atoms with Gasteiger partial charge in [0.2, 0.25) is 0 Å². The van der Waals surface area contributed by atoms with Gasteiger partial charge in [-0.25, -0.2) is 0 Å². The number of nitrogens with one attached hydrogen (secondary N) is 2. The summed E-state index contributed by atoms with van der Waals surface area (Å²) in [5, 5.41) is 12.1. The fourth-order valence-corrected chi connectivity index (χ4v) is 3.81. The number of rotatable bonds is 11. The van der Waals surface area contributed by atoms with Crippen LogP contribution in [0.3, 0.4) is 0 Å². The Hall–Kier alpha value is -2.63. The third kappa shape index (κ3) is 6.68. The number of benzene rings is 2. The van der Waals surface area contributed by atoms with Gasteiger partial charge in [-0.2, -0.15) is 5.10 Å². The topological polar surface area (TPSA) is 51.1 Å². The van der Waals surface area contributed by atoms with E-state index in [1.165, 1.54) is 5.56 Å². The molecule has 0 aliphatic carbocycles. The highest BCUT2D eigenvalue weighted by molar-refractivity contribution is 5.81. The second-order valence-corrected chi connectivity index (χ2v) is 9.27. The average Bonchev–Trinajstić information content (AvgIpc) is 3.21. The predicted octanol–water partition coefficient (Wildman–Crippen LogP) is 5.37. The lowest BCUT2D eigenvalue weighted by Crippen LogP contribution is -2.39. The zero-order valence-corrected chi connectivity index (χ0v) is 20.2. The first kappa shape index (κ1) is 24.0. The van der Waals surface area contributed by atoms with E-state index in [2.05, 4.69) is 85.5 Å². The van der Waals surface area contributed by atoms with Crippen LogP contribution < -0.4 is 15.4 Å². The lowest BCUT2D eigenvalue weighted by Gasteiger charge is -2.22. The molecule has 5 heteroatoms. The maximum Gasteiger partial charge on any atom is 0.118 e. The molecular weight excluding hydrogens is 396 g/mol. The van der Waals surface area contributed by atoms with Gasteiger partial charge < -0.3 is 15.4 Å². The molecule has 0 aliphatic rings. The summed E-state index contributed by atoms with van der Waals surface area (Å²) < 4.78 is 7.49. The van der Waals surface area contributed by atoms with Gasteiger partial charge in [-0.1, -0.05) is 49.4 Å². The van der Waals surface area contributed by atoms with Crippen molar-refractivity contribution >= 4 is 0 Å². The molecule has 3 aromatic rings. The van der Waals surface area contributed by atoms with E-state index < -0.39 is 0 Å². The summed E-state index contributed by atoms with van der Waals surface area (Å²) in [4.78, 5) is 0. The van der Waals surface area contributed by atoms with Crippen LogP contribution in [0.2, 0.25) is 0 Å². The number of nitrogens with zero attached hydrogens (tertiary/aromatic N) is 2. The van der Waals surface area contributed by atoms with Gasteiger partial charge in [0.25, 0.3) is 0 Å². The number of aromatic nitrogens is 2. The van der Waals surface area contributed by atoms with Crippen molar-refractivity contribution in [3.05, 3.63) is 60.8 Å². The molecule has 0 spiro atoms. The minimum atomic E-state index is 0.168. The molecule has 2 aromatic carbocycles. The Morgan fingerprint density at radius 3 is 2.31 bits per heavy atom. The number of hydrogen-bond acceptors (Lipinski definition) is 4. The van der Waals surface area contributed by atoms with E-state index in [4.69, 9.17) is 9.84 Å². The summed E-state index contributed by atoms with van der Waals surface area (Å²) in [7, 11) is 1.69. The van der Waals surface area contributed by atoms with Gasteiger partial charge in [0.1, 0.15) is 5.75 Å². The summed E-state index contributed by atoms with van der Waals surface area (Å²) in [6.45, 7) is 11.7. The van der Waals surface area contributed by atoms with E-state index in [1.807, 2.05) is 18.3 Å². The fraction of sp³-hybridized carbons (Fsp3) is 0.444. The Bertz CT molecular complexity index is 942. The Balaban J connectivity index is 1.77. The number of hydrogen-bond donors (Lipinski definition) is 2. The molecule has 0 fully saturated rings. The van der Waals surface area contributed by atoms with E-state index in [-0.39, 0.29) is 5.54 Å². The third-order valence-electron chi connectivity index (χ3n) is 5.62. The highest BCUT2D eigenvalue weighted by atomic mass is 16.5. The van der Waals surface area contributed by atoms with E-state index in [0.29, 0.717) is 6.04 Å². The normalized spacial score (nSPS) is 12.7. The minimum Gasteiger partial charge on any atom is -0.497 e. The standard InChI is InChI=1S/C27H38N4O/c1-6-23(28-17-10-18-29-27(2,3)4)20-31-26(22-11-8-7-9-12-22)25(19-30-31)21-13-15-24(32-5)16-14-21/h7-9,11-16,19,23,28-29H,6,10,17-18,20H2,1-5H3. The van der Waals surface area contributed by atoms with Gasteiger partial charge in [0.05, 0.1) is 25.5 Å².